The minimum atomic E-state index is 0.243. The van der Waals surface area contributed by atoms with E-state index < -0.39 is 0 Å². The first-order valence-electron chi connectivity index (χ1n) is 6.21. The van der Waals surface area contributed by atoms with Crippen LogP contribution in [0.25, 0.3) is 17.0 Å². The van der Waals surface area contributed by atoms with E-state index in [4.69, 9.17) is 4.74 Å². The molecule has 0 aliphatic carbocycles. The zero-order valence-electron chi connectivity index (χ0n) is 10.7. The van der Waals surface area contributed by atoms with Gasteiger partial charge in [0.1, 0.15) is 5.75 Å². The van der Waals surface area contributed by atoms with Crippen molar-refractivity contribution in [3.8, 4) is 17.1 Å². The second-order valence-electron chi connectivity index (χ2n) is 4.48. The van der Waals surface area contributed by atoms with E-state index in [1.54, 1.807) is 16.8 Å². The van der Waals surface area contributed by atoms with Gasteiger partial charge >= 0.3 is 0 Å². The number of ether oxygens (including phenoxy) is 1. The summed E-state index contributed by atoms with van der Waals surface area (Å²) in [5.74, 6) is 1.79. The Morgan fingerprint density at radius 2 is 2.05 bits per heavy atom. The van der Waals surface area contributed by atoms with Crippen LogP contribution in [0, 0.1) is 0 Å². The molecule has 1 aliphatic heterocycles. The van der Waals surface area contributed by atoms with Crippen molar-refractivity contribution in [2.24, 2.45) is 7.05 Å². The molecule has 0 atom stereocenters. The summed E-state index contributed by atoms with van der Waals surface area (Å²) in [6, 6.07) is 6.90. The van der Waals surface area contributed by atoms with Crippen molar-refractivity contribution < 1.29 is 9.84 Å². The number of benzene rings is 1. The molecule has 19 heavy (non-hydrogen) atoms. The molecule has 1 aliphatic rings. The zero-order valence-corrected chi connectivity index (χ0v) is 10.7. The van der Waals surface area contributed by atoms with Gasteiger partial charge in [0.2, 0.25) is 0 Å². The maximum atomic E-state index is 9.30. The molecule has 0 amide bonds. The summed E-state index contributed by atoms with van der Waals surface area (Å²) in [6.45, 7) is 1.37. The van der Waals surface area contributed by atoms with Crippen LogP contribution >= 0.6 is 0 Å². The Balaban J connectivity index is 1.97. The number of hydrogen-bond donors (Lipinski definition) is 1. The van der Waals surface area contributed by atoms with Gasteiger partial charge in [-0.05, 0) is 36.3 Å². The summed E-state index contributed by atoms with van der Waals surface area (Å²) in [7, 11) is 1.89. The maximum absolute atomic E-state index is 9.30. The van der Waals surface area contributed by atoms with Crippen LogP contribution in [0.3, 0.4) is 0 Å². The third kappa shape index (κ3) is 2.37. The Labute approximate surface area is 111 Å². The Bertz CT molecular complexity index is 614. The predicted octanol–water partition coefficient (Wildman–Crippen LogP) is 1.99. The Morgan fingerprint density at radius 3 is 2.74 bits per heavy atom. The number of aromatic nitrogens is 3. The average molecular weight is 257 g/mol. The van der Waals surface area contributed by atoms with Crippen molar-refractivity contribution in [1.82, 2.24) is 14.8 Å². The lowest BCUT2D eigenvalue weighted by atomic mass is 10.1. The lowest BCUT2D eigenvalue weighted by Gasteiger charge is -2.11. The summed E-state index contributed by atoms with van der Waals surface area (Å²) in [6.07, 6.45) is 2.91. The van der Waals surface area contributed by atoms with E-state index in [1.165, 1.54) is 5.57 Å². The lowest BCUT2D eigenvalue weighted by Crippen LogP contribution is -2.07. The van der Waals surface area contributed by atoms with E-state index in [0.29, 0.717) is 12.4 Å². The highest BCUT2D eigenvalue weighted by Crippen LogP contribution is 2.23. The third-order valence-electron chi connectivity index (χ3n) is 3.14. The largest absolute Gasteiger partial charge is 0.508 e. The van der Waals surface area contributed by atoms with E-state index in [1.807, 2.05) is 25.3 Å². The van der Waals surface area contributed by atoms with Gasteiger partial charge in [-0.15, -0.1) is 0 Å². The molecule has 2 aromatic rings. The van der Waals surface area contributed by atoms with Crippen LogP contribution in [0.5, 0.6) is 5.75 Å². The molecule has 2 heterocycles. The van der Waals surface area contributed by atoms with E-state index >= 15 is 0 Å². The summed E-state index contributed by atoms with van der Waals surface area (Å²) in [5.41, 5.74) is 2.07. The molecule has 0 bridgehead atoms. The van der Waals surface area contributed by atoms with Gasteiger partial charge < -0.3 is 9.84 Å². The summed E-state index contributed by atoms with van der Waals surface area (Å²) in [4.78, 5) is 4.58. The number of nitrogens with zero attached hydrogens (tertiary/aromatic N) is 3. The van der Waals surface area contributed by atoms with Gasteiger partial charge in [-0.1, -0.05) is 6.08 Å². The Morgan fingerprint density at radius 1 is 1.26 bits per heavy atom. The van der Waals surface area contributed by atoms with Crippen LogP contribution < -0.4 is 0 Å². The van der Waals surface area contributed by atoms with E-state index in [-0.39, 0.29) is 5.75 Å². The molecule has 0 saturated heterocycles. The van der Waals surface area contributed by atoms with Crippen LogP contribution in [0.4, 0.5) is 0 Å². The van der Waals surface area contributed by atoms with Gasteiger partial charge in [-0.25, -0.2) is 9.67 Å². The summed E-state index contributed by atoms with van der Waals surface area (Å²) < 4.78 is 7.10. The normalized spacial score (nSPS) is 15.3. The number of hydrogen-bond acceptors (Lipinski definition) is 4. The van der Waals surface area contributed by atoms with Gasteiger partial charge in [0, 0.05) is 12.6 Å². The fourth-order valence-corrected chi connectivity index (χ4v) is 2.13. The highest BCUT2D eigenvalue weighted by atomic mass is 16.5. The van der Waals surface area contributed by atoms with Crippen LogP contribution in [-0.2, 0) is 11.8 Å². The molecule has 1 aromatic heterocycles. The zero-order chi connectivity index (χ0) is 13.2. The first kappa shape index (κ1) is 11.9. The van der Waals surface area contributed by atoms with E-state index in [0.717, 1.165) is 24.4 Å². The second kappa shape index (κ2) is 4.85. The van der Waals surface area contributed by atoms with Crippen molar-refractivity contribution in [3.63, 3.8) is 0 Å². The van der Waals surface area contributed by atoms with Gasteiger partial charge in [0.05, 0.1) is 13.2 Å². The number of aromatic hydroxyl groups is 1. The van der Waals surface area contributed by atoms with Gasteiger partial charge in [0.15, 0.2) is 11.6 Å². The van der Waals surface area contributed by atoms with Crippen molar-refractivity contribution in [1.29, 1.82) is 0 Å². The quantitative estimate of drug-likeness (QED) is 0.893. The van der Waals surface area contributed by atoms with Crippen LogP contribution in [0.1, 0.15) is 12.2 Å². The fourth-order valence-electron chi connectivity index (χ4n) is 2.13. The molecule has 0 unspecified atom stereocenters. The van der Waals surface area contributed by atoms with Crippen molar-refractivity contribution in [2.45, 2.75) is 6.42 Å². The summed E-state index contributed by atoms with van der Waals surface area (Å²) >= 11 is 0. The van der Waals surface area contributed by atoms with E-state index in [2.05, 4.69) is 10.1 Å². The second-order valence-corrected chi connectivity index (χ2v) is 4.48. The number of aryl methyl sites for hydroxylation is 1. The Hall–Kier alpha value is -2.14. The average Bonchev–Trinajstić information content (AvgIpc) is 2.83. The number of rotatable bonds is 2. The molecular weight excluding hydrogens is 242 g/mol. The lowest BCUT2D eigenvalue weighted by molar-refractivity contribution is 0.161. The molecule has 0 fully saturated rings. The van der Waals surface area contributed by atoms with Gasteiger partial charge in [-0.3, -0.25) is 0 Å². The molecule has 0 radical (unpaired) electrons. The van der Waals surface area contributed by atoms with Crippen LogP contribution in [-0.4, -0.2) is 33.1 Å². The molecule has 5 nitrogen and oxygen atoms in total. The van der Waals surface area contributed by atoms with Crippen LogP contribution in [0.15, 0.2) is 30.3 Å². The molecular formula is C14H15N3O2. The first-order chi connectivity index (χ1) is 9.24. The minimum absolute atomic E-state index is 0.243. The highest BCUT2D eigenvalue weighted by Gasteiger charge is 2.15. The van der Waals surface area contributed by atoms with Gasteiger partial charge in [-0.2, -0.15) is 5.10 Å². The molecule has 5 heteroatoms. The fraction of sp³-hybridized carbons (Fsp3) is 0.286. The molecule has 3 rings (SSSR count). The monoisotopic (exact) mass is 257 g/mol. The molecule has 98 valence electrons. The first-order valence-corrected chi connectivity index (χ1v) is 6.21. The topological polar surface area (TPSA) is 60.2 Å². The van der Waals surface area contributed by atoms with Gasteiger partial charge in [0.25, 0.3) is 0 Å². The highest BCUT2D eigenvalue weighted by molar-refractivity contribution is 5.64. The standard InChI is InChI=1S/C14H15N3O2/c1-17-14(11-6-8-19-9-7-11)15-13(16-17)10-2-4-12(18)5-3-10/h2-6,18H,7-9H2,1H3. The SMILES string of the molecule is Cn1nc(-c2ccc(O)cc2)nc1C1=CCOCC1. The minimum Gasteiger partial charge on any atom is -0.508 e. The predicted molar refractivity (Wildman–Crippen MR) is 71.5 cm³/mol. The van der Waals surface area contributed by atoms with Crippen molar-refractivity contribution in [3.05, 3.63) is 36.2 Å². The van der Waals surface area contributed by atoms with Crippen LogP contribution in [0.2, 0.25) is 0 Å². The smallest absolute Gasteiger partial charge is 0.181 e. The van der Waals surface area contributed by atoms with Crippen molar-refractivity contribution >= 4 is 5.57 Å². The molecule has 1 N–H and O–H groups in total. The number of phenols is 1. The van der Waals surface area contributed by atoms with Crippen molar-refractivity contribution in [2.75, 3.05) is 13.2 Å². The molecule has 0 saturated carbocycles. The van der Waals surface area contributed by atoms with E-state index in [9.17, 15) is 5.11 Å². The maximum Gasteiger partial charge on any atom is 0.181 e. The summed E-state index contributed by atoms with van der Waals surface area (Å²) in [5, 5.41) is 13.7. The number of phenolic OH excluding ortho intramolecular Hbond substituents is 1. The molecule has 0 spiro atoms. The third-order valence-corrected chi connectivity index (χ3v) is 3.14. The molecule has 1 aromatic carbocycles. The Kier molecular flexibility index (Phi) is 3.05.